The number of halogens is 1. The maximum Gasteiger partial charge on any atom is 0.343 e. The molecule has 1 aromatic carbocycles. The topological polar surface area (TPSA) is 87.1 Å². The SMILES string of the molecule is Cc1cc2c(c(=O)o1)C(c1cccc(Br)c1)C(C#N)C(=N)O2. The van der Waals surface area contributed by atoms with E-state index in [1.54, 1.807) is 13.0 Å². The highest BCUT2D eigenvalue weighted by Crippen LogP contribution is 2.40. The van der Waals surface area contributed by atoms with Gasteiger partial charge in [-0.25, -0.2) is 4.79 Å². The highest BCUT2D eigenvalue weighted by atomic mass is 79.9. The molecule has 0 spiro atoms. The van der Waals surface area contributed by atoms with Gasteiger partial charge in [0.2, 0.25) is 5.90 Å². The molecule has 1 aliphatic heterocycles. The van der Waals surface area contributed by atoms with Crippen molar-refractivity contribution in [1.82, 2.24) is 0 Å². The Hall–Kier alpha value is -2.39. The molecule has 0 amide bonds. The van der Waals surface area contributed by atoms with Crippen LogP contribution in [0.15, 0.2) is 44.0 Å². The van der Waals surface area contributed by atoms with Crippen LogP contribution in [0.3, 0.4) is 0 Å². The van der Waals surface area contributed by atoms with E-state index in [2.05, 4.69) is 22.0 Å². The molecule has 0 saturated carbocycles. The highest BCUT2D eigenvalue weighted by Gasteiger charge is 2.39. The average Bonchev–Trinajstić information content (AvgIpc) is 2.45. The third-order valence-corrected chi connectivity index (χ3v) is 4.06. The summed E-state index contributed by atoms with van der Waals surface area (Å²) in [4.78, 5) is 12.3. The average molecular weight is 359 g/mol. The van der Waals surface area contributed by atoms with Crippen LogP contribution in [-0.4, -0.2) is 5.90 Å². The quantitative estimate of drug-likeness (QED) is 0.846. The number of nitrogens with zero attached hydrogens (tertiary/aromatic N) is 1. The van der Waals surface area contributed by atoms with Crippen molar-refractivity contribution < 1.29 is 9.15 Å². The molecule has 1 N–H and O–H groups in total. The molecule has 2 unspecified atom stereocenters. The highest BCUT2D eigenvalue weighted by molar-refractivity contribution is 9.10. The molecule has 1 aromatic heterocycles. The van der Waals surface area contributed by atoms with Gasteiger partial charge in [0.15, 0.2) is 0 Å². The van der Waals surface area contributed by atoms with Crippen LogP contribution < -0.4 is 10.4 Å². The van der Waals surface area contributed by atoms with Crippen molar-refractivity contribution in [1.29, 1.82) is 10.7 Å². The Morgan fingerprint density at radius 1 is 1.36 bits per heavy atom. The lowest BCUT2D eigenvalue weighted by Crippen LogP contribution is -2.34. The predicted molar refractivity (Wildman–Crippen MR) is 83.2 cm³/mol. The Labute approximate surface area is 134 Å². The first-order valence-corrected chi connectivity index (χ1v) is 7.36. The summed E-state index contributed by atoms with van der Waals surface area (Å²) in [5, 5.41) is 17.4. The van der Waals surface area contributed by atoms with Crippen LogP contribution in [0.4, 0.5) is 0 Å². The second kappa shape index (κ2) is 5.43. The molecule has 1 aliphatic rings. The van der Waals surface area contributed by atoms with E-state index in [4.69, 9.17) is 14.6 Å². The van der Waals surface area contributed by atoms with Crippen molar-refractivity contribution in [3.05, 3.63) is 62.1 Å². The monoisotopic (exact) mass is 358 g/mol. The van der Waals surface area contributed by atoms with Crippen molar-refractivity contribution in [2.45, 2.75) is 12.8 Å². The van der Waals surface area contributed by atoms with Crippen LogP contribution in [0.2, 0.25) is 0 Å². The molecule has 3 rings (SSSR count). The van der Waals surface area contributed by atoms with Crippen LogP contribution in [0, 0.1) is 29.6 Å². The van der Waals surface area contributed by atoms with Gasteiger partial charge in [-0.1, -0.05) is 28.1 Å². The smallest absolute Gasteiger partial charge is 0.343 e. The Kier molecular flexibility index (Phi) is 3.59. The number of nitriles is 1. The minimum absolute atomic E-state index is 0.162. The van der Waals surface area contributed by atoms with Crippen molar-refractivity contribution in [2.75, 3.05) is 0 Å². The Bertz CT molecular complexity index is 866. The zero-order chi connectivity index (χ0) is 15.9. The second-order valence-corrected chi connectivity index (χ2v) is 5.94. The van der Waals surface area contributed by atoms with Gasteiger partial charge in [0, 0.05) is 16.5 Å². The van der Waals surface area contributed by atoms with E-state index >= 15 is 0 Å². The number of nitrogens with one attached hydrogen (secondary N) is 1. The van der Waals surface area contributed by atoms with Gasteiger partial charge in [-0.3, -0.25) is 5.41 Å². The summed E-state index contributed by atoms with van der Waals surface area (Å²) < 4.78 is 11.4. The molecule has 2 heterocycles. The van der Waals surface area contributed by atoms with Crippen LogP contribution in [-0.2, 0) is 0 Å². The normalized spacial score (nSPS) is 20.0. The van der Waals surface area contributed by atoms with Crippen LogP contribution >= 0.6 is 15.9 Å². The zero-order valence-corrected chi connectivity index (χ0v) is 13.2. The minimum Gasteiger partial charge on any atom is -0.441 e. The van der Waals surface area contributed by atoms with Gasteiger partial charge in [0.05, 0.1) is 11.6 Å². The molecule has 110 valence electrons. The van der Waals surface area contributed by atoms with Gasteiger partial charge in [-0.2, -0.15) is 5.26 Å². The summed E-state index contributed by atoms with van der Waals surface area (Å²) in [6.45, 7) is 1.64. The number of rotatable bonds is 1. The molecule has 2 aromatic rings. The Morgan fingerprint density at radius 3 is 2.82 bits per heavy atom. The molecule has 0 radical (unpaired) electrons. The fraction of sp³-hybridized carbons (Fsp3) is 0.188. The third-order valence-electron chi connectivity index (χ3n) is 3.57. The fourth-order valence-corrected chi connectivity index (χ4v) is 3.07. The van der Waals surface area contributed by atoms with Gasteiger partial charge in [-0.05, 0) is 24.6 Å². The third kappa shape index (κ3) is 2.34. The first-order valence-electron chi connectivity index (χ1n) is 6.57. The standard InChI is InChI=1S/C16H11BrN2O3/c1-8-5-12-14(16(20)21-8)13(11(7-18)15(19)22-12)9-3-2-4-10(17)6-9/h2-6,11,13,19H,1H3. The van der Waals surface area contributed by atoms with Crippen molar-refractivity contribution in [3.8, 4) is 11.8 Å². The number of fused-ring (bicyclic) bond motifs is 1. The Balaban J connectivity index is 2.29. The molecule has 2 atom stereocenters. The second-order valence-electron chi connectivity index (χ2n) is 5.03. The van der Waals surface area contributed by atoms with E-state index in [0.29, 0.717) is 5.76 Å². The predicted octanol–water partition coefficient (Wildman–Crippen LogP) is 3.35. The lowest BCUT2D eigenvalue weighted by molar-refractivity contribution is 0.403. The van der Waals surface area contributed by atoms with E-state index in [0.717, 1.165) is 10.0 Å². The van der Waals surface area contributed by atoms with Gasteiger partial charge < -0.3 is 9.15 Å². The number of aryl methyl sites for hydroxylation is 1. The lowest BCUT2D eigenvalue weighted by Gasteiger charge is -2.29. The molecular weight excluding hydrogens is 348 g/mol. The summed E-state index contributed by atoms with van der Waals surface area (Å²) in [5.41, 5.74) is 0.505. The first kappa shape index (κ1) is 14.5. The van der Waals surface area contributed by atoms with E-state index < -0.39 is 17.5 Å². The summed E-state index contributed by atoms with van der Waals surface area (Å²) in [6, 6.07) is 11.0. The maximum atomic E-state index is 12.3. The van der Waals surface area contributed by atoms with Crippen LogP contribution in [0.1, 0.15) is 22.8 Å². The molecule has 0 saturated heterocycles. The summed E-state index contributed by atoms with van der Waals surface area (Å²) in [7, 11) is 0. The van der Waals surface area contributed by atoms with E-state index in [1.807, 2.05) is 24.3 Å². The molecular formula is C16H11BrN2O3. The number of hydrogen-bond donors (Lipinski definition) is 1. The Morgan fingerprint density at radius 2 is 2.14 bits per heavy atom. The summed E-state index contributed by atoms with van der Waals surface area (Å²) >= 11 is 3.39. The fourth-order valence-electron chi connectivity index (χ4n) is 2.65. The van der Waals surface area contributed by atoms with E-state index in [1.165, 1.54) is 0 Å². The molecule has 0 aliphatic carbocycles. The molecule has 22 heavy (non-hydrogen) atoms. The van der Waals surface area contributed by atoms with Gasteiger partial charge in [0.1, 0.15) is 17.4 Å². The van der Waals surface area contributed by atoms with Crippen molar-refractivity contribution in [3.63, 3.8) is 0 Å². The van der Waals surface area contributed by atoms with Crippen LogP contribution in [0.5, 0.6) is 5.75 Å². The van der Waals surface area contributed by atoms with E-state index in [-0.39, 0.29) is 17.2 Å². The van der Waals surface area contributed by atoms with Crippen molar-refractivity contribution >= 4 is 21.8 Å². The first-order chi connectivity index (χ1) is 10.5. The number of benzene rings is 1. The van der Waals surface area contributed by atoms with E-state index in [9.17, 15) is 10.1 Å². The number of hydrogen-bond acceptors (Lipinski definition) is 5. The van der Waals surface area contributed by atoms with Gasteiger partial charge in [-0.15, -0.1) is 0 Å². The minimum atomic E-state index is -0.868. The molecule has 6 heteroatoms. The lowest BCUT2D eigenvalue weighted by atomic mass is 9.80. The number of ether oxygens (including phenoxy) is 1. The molecule has 5 nitrogen and oxygen atoms in total. The van der Waals surface area contributed by atoms with Gasteiger partial charge in [0.25, 0.3) is 0 Å². The summed E-state index contributed by atoms with van der Waals surface area (Å²) in [5.74, 6) is -0.928. The zero-order valence-electron chi connectivity index (χ0n) is 11.6. The van der Waals surface area contributed by atoms with Gasteiger partial charge >= 0.3 is 5.63 Å². The largest absolute Gasteiger partial charge is 0.441 e. The summed E-state index contributed by atoms with van der Waals surface area (Å²) in [6.07, 6.45) is 0. The van der Waals surface area contributed by atoms with Crippen molar-refractivity contribution in [2.24, 2.45) is 5.92 Å². The van der Waals surface area contributed by atoms with Crippen LogP contribution in [0.25, 0.3) is 0 Å². The molecule has 0 bridgehead atoms. The molecule has 0 fully saturated rings. The maximum absolute atomic E-state index is 12.3.